The van der Waals surface area contributed by atoms with Crippen LogP contribution >= 0.6 is 0 Å². The zero-order chi connectivity index (χ0) is 9.73. The molecule has 1 aliphatic heterocycles. The SMILES string of the molecule is CNCC(=O)NCC1(C)CCCO1. The standard InChI is InChI=1S/C9H18N2O2/c1-9(4-3-5-13-9)7-11-8(12)6-10-2/h10H,3-7H2,1-2H3,(H,11,12). The maximum atomic E-state index is 11.1. The van der Waals surface area contributed by atoms with Crippen molar-refractivity contribution in [1.29, 1.82) is 0 Å². The van der Waals surface area contributed by atoms with Gasteiger partial charge in [0.1, 0.15) is 0 Å². The molecule has 1 aliphatic rings. The van der Waals surface area contributed by atoms with Crippen LogP contribution in [0.3, 0.4) is 0 Å². The van der Waals surface area contributed by atoms with Gasteiger partial charge in [0, 0.05) is 13.2 Å². The fourth-order valence-electron chi connectivity index (χ4n) is 1.48. The van der Waals surface area contributed by atoms with E-state index in [1.807, 2.05) is 6.92 Å². The molecule has 4 heteroatoms. The van der Waals surface area contributed by atoms with E-state index in [0.29, 0.717) is 13.1 Å². The van der Waals surface area contributed by atoms with Crippen LogP contribution in [-0.4, -0.2) is 38.3 Å². The highest BCUT2D eigenvalue weighted by Gasteiger charge is 2.29. The number of rotatable bonds is 4. The van der Waals surface area contributed by atoms with Gasteiger partial charge in [0.05, 0.1) is 12.1 Å². The molecule has 0 spiro atoms. The molecule has 1 rings (SSSR count). The molecule has 1 amide bonds. The summed E-state index contributed by atoms with van der Waals surface area (Å²) in [6.45, 7) is 3.85. The van der Waals surface area contributed by atoms with E-state index >= 15 is 0 Å². The Morgan fingerprint density at radius 2 is 2.38 bits per heavy atom. The van der Waals surface area contributed by atoms with Gasteiger partial charge in [-0.25, -0.2) is 0 Å². The average Bonchev–Trinajstić information content (AvgIpc) is 2.51. The molecule has 0 aromatic rings. The second kappa shape index (κ2) is 4.58. The van der Waals surface area contributed by atoms with Gasteiger partial charge in [-0.3, -0.25) is 4.79 Å². The summed E-state index contributed by atoms with van der Waals surface area (Å²) in [5.74, 6) is 0.0271. The second-order valence-electron chi connectivity index (χ2n) is 3.71. The first kappa shape index (κ1) is 10.5. The maximum absolute atomic E-state index is 11.1. The van der Waals surface area contributed by atoms with E-state index in [1.165, 1.54) is 0 Å². The van der Waals surface area contributed by atoms with Gasteiger partial charge in [-0.05, 0) is 26.8 Å². The van der Waals surface area contributed by atoms with Crippen molar-refractivity contribution >= 4 is 5.91 Å². The molecule has 0 aliphatic carbocycles. The molecule has 1 fully saturated rings. The van der Waals surface area contributed by atoms with Crippen LogP contribution in [0, 0.1) is 0 Å². The van der Waals surface area contributed by atoms with E-state index in [2.05, 4.69) is 10.6 Å². The van der Waals surface area contributed by atoms with Crippen LogP contribution in [0.2, 0.25) is 0 Å². The number of hydrogen-bond acceptors (Lipinski definition) is 3. The molecule has 0 aromatic carbocycles. The Balaban J connectivity index is 2.21. The largest absolute Gasteiger partial charge is 0.373 e. The van der Waals surface area contributed by atoms with Gasteiger partial charge >= 0.3 is 0 Å². The molecule has 0 radical (unpaired) electrons. The van der Waals surface area contributed by atoms with Gasteiger partial charge in [-0.15, -0.1) is 0 Å². The molecule has 13 heavy (non-hydrogen) atoms. The normalized spacial score (nSPS) is 27.5. The predicted molar refractivity (Wildman–Crippen MR) is 50.5 cm³/mol. The second-order valence-corrected chi connectivity index (χ2v) is 3.71. The van der Waals surface area contributed by atoms with Crippen LogP contribution in [0.25, 0.3) is 0 Å². The highest BCUT2D eigenvalue weighted by molar-refractivity contribution is 5.77. The molecule has 1 atom stereocenters. The van der Waals surface area contributed by atoms with Crippen molar-refractivity contribution in [2.45, 2.75) is 25.4 Å². The number of hydrogen-bond donors (Lipinski definition) is 2. The van der Waals surface area contributed by atoms with E-state index < -0.39 is 0 Å². The minimum absolute atomic E-state index is 0.0271. The summed E-state index contributed by atoms with van der Waals surface area (Å²) < 4.78 is 5.53. The van der Waals surface area contributed by atoms with Crippen LogP contribution in [0.5, 0.6) is 0 Å². The molecule has 0 bridgehead atoms. The first-order valence-corrected chi connectivity index (χ1v) is 4.71. The van der Waals surface area contributed by atoms with Crippen molar-refractivity contribution in [1.82, 2.24) is 10.6 Å². The Morgan fingerprint density at radius 3 is 2.92 bits per heavy atom. The minimum Gasteiger partial charge on any atom is -0.373 e. The van der Waals surface area contributed by atoms with Crippen LogP contribution in [-0.2, 0) is 9.53 Å². The van der Waals surface area contributed by atoms with E-state index in [1.54, 1.807) is 7.05 Å². The fourth-order valence-corrected chi connectivity index (χ4v) is 1.48. The highest BCUT2D eigenvalue weighted by Crippen LogP contribution is 2.23. The van der Waals surface area contributed by atoms with Gasteiger partial charge < -0.3 is 15.4 Å². The quantitative estimate of drug-likeness (QED) is 0.644. The van der Waals surface area contributed by atoms with Crippen molar-refractivity contribution < 1.29 is 9.53 Å². The Hall–Kier alpha value is -0.610. The number of carbonyl (C=O) groups is 1. The molecule has 0 aromatic heterocycles. The molecule has 1 heterocycles. The summed E-state index contributed by atoms with van der Waals surface area (Å²) in [6, 6.07) is 0. The van der Waals surface area contributed by atoms with Crippen molar-refractivity contribution in [3.8, 4) is 0 Å². The lowest BCUT2D eigenvalue weighted by Gasteiger charge is -2.23. The van der Waals surface area contributed by atoms with Crippen LogP contribution in [0.4, 0.5) is 0 Å². The number of ether oxygens (including phenoxy) is 1. The van der Waals surface area contributed by atoms with E-state index in [0.717, 1.165) is 19.4 Å². The van der Waals surface area contributed by atoms with Crippen molar-refractivity contribution in [2.24, 2.45) is 0 Å². The zero-order valence-corrected chi connectivity index (χ0v) is 8.35. The summed E-state index contributed by atoms with van der Waals surface area (Å²) in [6.07, 6.45) is 2.13. The molecule has 1 saturated heterocycles. The smallest absolute Gasteiger partial charge is 0.234 e. The van der Waals surface area contributed by atoms with Crippen LogP contribution in [0.15, 0.2) is 0 Å². The summed E-state index contributed by atoms with van der Waals surface area (Å²) in [4.78, 5) is 11.1. The van der Waals surface area contributed by atoms with Gasteiger partial charge in [-0.1, -0.05) is 0 Å². The molecule has 76 valence electrons. The molecule has 0 saturated carbocycles. The molecular weight excluding hydrogens is 168 g/mol. The van der Waals surface area contributed by atoms with Gasteiger partial charge in [-0.2, -0.15) is 0 Å². The first-order valence-electron chi connectivity index (χ1n) is 4.71. The van der Waals surface area contributed by atoms with Gasteiger partial charge in [0.2, 0.25) is 5.91 Å². The summed E-state index contributed by atoms with van der Waals surface area (Å²) >= 11 is 0. The monoisotopic (exact) mass is 186 g/mol. The minimum atomic E-state index is -0.136. The Labute approximate surface area is 79.0 Å². The number of likely N-dealkylation sites (N-methyl/N-ethyl adjacent to an activating group) is 1. The third-order valence-corrected chi connectivity index (χ3v) is 2.30. The maximum Gasteiger partial charge on any atom is 0.234 e. The molecular formula is C9H18N2O2. The average molecular weight is 186 g/mol. The zero-order valence-electron chi connectivity index (χ0n) is 8.35. The van der Waals surface area contributed by atoms with Gasteiger partial charge in [0.15, 0.2) is 0 Å². The Morgan fingerprint density at radius 1 is 1.62 bits per heavy atom. The summed E-state index contributed by atoms with van der Waals surface area (Å²) in [5, 5.41) is 5.64. The van der Waals surface area contributed by atoms with Crippen molar-refractivity contribution in [3.63, 3.8) is 0 Å². The van der Waals surface area contributed by atoms with Crippen molar-refractivity contribution in [3.05, 3.63) is 0 Å². The number of nitrogens with one attached hydrogen (secondary N) is 2. The fraction of sp³-hybridized carbons (Fsp3) is 0.889. The Bertz CT molecular complexity index is 176. The lowest BCUT2D eigenvalue weighted by Crippen LogP contribution is -2.42. The van der Waals surface area contributed by atoms with Crippen LogP contribution in [0.1, 0.15) is 19.8 Å². The lowest BCUT2D eigenvalue weighted by atomic mass is 10.0. The van der Waals surface area contributed by atoms with E-state index in [-0.39, 0.29) is 11.5 Å². The summed E-state index contributed by atoms with van der Waals surface area (Å²) in [7, 11) is 1.76. The predicted octanol–water partition coefficient (Wildman–Crippen LogP) is -0.109. The Kier molecular flexibility index (Phi) is 3.69. The number of amides is 1. The van der Waals surface area contributed by atoms with E-state index in [9.17, 15) is 4.79 Å². The summed E-state index contributed by atoms with van der Waals surface area (Å²) in [5.41, 5.74) is -0.136. The number of carbonyl (C=O) groups excluding carboxylic acids is 1. The molecule has 4 nitrogen and oxygen atoms in total. The third kappa shape index (κ3) is 3.32. The topological polar surface area (TPSA) is 50.4 Å². The van der Waals surface area contributed by atoms with Crippen LogP contribution < -0.4 is 10.6 Å². The molecule has 2 N–H and O–H groups in total. The van der Waals surface area contributed by atoms with Crippen molar-refractivity contribution in [2.75, 3.05) is 26.7 Å². The molecule has 1 unspecified atom stereocenters. The first-order chi connectivity index (χ1) is 6.16. The highest BCUT2D eigenvalue weighted by atomic mass is 16.5. The third-order valence-electron chi connectivity index (χ3n) is 2.30. The van der Waals surface area contributed by atoms with Gasteiger partial charge in [0.25, 0.3) is 0 Å². The van der Waals surface area contributed by atoms with E-state index in [4.69, 9.17) is 4.74 Å². The lowest BCUT2D eigenvalue weighted by molar-refractivity contribution is -0.121.